The average Bonchev–Trinajstić information content (AvgIpc) is 2.26. The molecule has 0 radical (unpaired) electrons. The Kier molecular flexibility index (Phi) is 4.82. The van der Waals surface area contributed by atoms with Gasteiger partial charge in [-0.2, -0.15) is 0 Å². The van der Waals surface area contributed by atoms with Crippen LogP contribution in [0.15, 0.2) is 23.1 Å². The first kappa shape index (κ1) is 12.2. The first-order valence-electron chi connectivity index (χ1n) is 5.05. The van der Waals surface area contributed by atoms with Gasteiger partial charge >= 0.3 is 0 Å². The Hall–Kier alpha value is -0.830. The molecule has 0 fully saturated rings. The van der Waals surface area contributed by atoms with Gasteiger partial charge in [0.15, 0.2) is 6.29 Å². The largest absolute Gasteiger partial charge is 0.298 e. The summed E-state index contributed by atoms with van der Waals surface area (Å²) >= 11 is 1.62. The van der Waals surface area contributed by atoms with Gasteiger partial charge in [-0.05, 0) is 24.1 Å². The third-order valence-electron chi connectivity index (χ3n) is 2.32. The summed E-state index contributed by atoms with van der Waals surface area (Å²) in [5, 5.41) is 0. The zero-order valence-electron chi connectivity index (χ0n) is 9.00. The molecule has 1 rings (SSSR count). The fourth-order valence-electron chi connectivity index (χ4n) is 1.09. The number of benzene rings is 1. The lowest BCUT2D eigenvalue weighted by molar-refractivity contribution is 0.112. The molecular formula is C12H15FOS. The highest BCUT2D eigenvalue weighted by Gasteiger charge is 2.06. The Morgan fingerprint density at radius 2 is 2.27 bits per heavy atom. The van der Waals surface area contributed by atoms with Crippen molar-refractivity contribution in [3.05, 3.63) is 29.6 Å². The lowest BCUT2D eigenvalue weighted by Gasteiger charge is -2.09. The molecule has 0 heterocycles. The number of carbonyl (C=O) groups is 1. The van der Waals surface area contributed by atoms with Crippen molar-refractivity contribution in [1.82, 2.24) is 0 Å². The SMILES string of the molecule is CCC(C)CSc1ccc(F)cc1C=O. The fraction of sp³-hybridized carbons (Fsp3) is 0.417. The number of carbonyl (C=O) groups excluding carboxylic acids is 1. The van der Waals surface area contributed by atoms with E-state index in [2.05, 4.69) is 13.8 Å². The Balaban J connectivity index is 2.72. The summed E-state index contributed by atoms with van der Waals surface area (Å²) in [6.07, 6.45) is 1.83. The maximum atomic E-state index is 12.8. The molecule has 0 amide bonds. The molecule has 0 saturated heterocycles. The monoisotopic (exact) mass is 226 g/mol. The number of aldehydes is 1. The second kappa shape index (κ2) is 5.91. The molecule has 3 heteroatoms. The molecule has 0 aliphatic rings. The van der Waals surface area contributed by atoms with Crippen molar-refractivity contribution in [2.45, 2.75) is 25.2 Å². The Morgan fingerprint density at radius 1 is 1.53 bits per heavy atom. The molecule has 15 heavy (non-hydrogen) atoms. The van der Waals surface area contributed by atoms with Crippen LogP contribution < -0.4 is 0 Å². The van der Waals surface area contributed by atoms with Crippen LogP contribution >= 0.6 is 11.8 Å². The van der Waals surface area contributed by atoms with E-state index in [0.717, 1.165) is 17.1 Å². The quantitative estimate of drug-likeness (QED) is 0.561. The van der Waals surface area contributed by atoms with Crippen LogP contribution in [0, 0.1) is 11.7 Å². The number of rotatable bonds is 5. The molecule has 0 aromatic heterocycles. The standard InChI is InChI=1S/C12H15FOS/c1-3-9(2)8-15-12-5-4-11(13)6-10(12)7-14/h4-7,9H,3,8H2,1-2H3. The minimum Gasteiger partial charge on any atom is -0.298 e. The molecule has 1 unspecified atom stereocenters. The normalized spacial score (nSPS) is 12.5. The highest BCUT2D eigenvalue weighted by Crippen LogP contribution is 2.25. The van der Waals surface area contributed by atoms with Crippen molar-refractivity contribution in [3.63, 3.8) is 0 Å². The molecule has 82 valence electrons. The third-order valence-corrected chi connectivity index (χ3v) is 3.74. The Bertz CT molecular complexity index is 338. The molecule has 0 aliphatic carbocycles. The van der Waals surface area contributed by atoms with Crippen molar-refractivity contribution in [2.75, 3.05) is 5.75 Å². The smallest absolute Gasteiger partial charge is 0.151 e. The zero-order valence-corrected chi connectivity index (χ0v) is 9.81. The van der Waals surface area contributed by atoms with Crippen LogP contribution in [0.5, 0.6) is 0 Å². The van der Waals surface area contributed by atoms with Crippen LogP contribution in [0.2, 0.25) is 0 Å². The molecule has 0 saturated carbocycles. The lowest BCUT2D eigenvalue weighted by Crippen LogP contribution is -1.96. The van der Waals surface area contributed by atoms with E-state index in [4.69, 9.17) is 0 Å². The summed E-state index contributed by atoms with van der Waals surface area (Å²) in [6.45, 7) is 4.30. The molecule has 1 nitrogen and oxygen atoms in total. The minimum absolute atomic E-state index is 0.356. The molecule has 0 aliphatic heterocycles. The lowest BCUT2D eigenvalue weighted by atomic mass is 10.2. The highest BCUT2D eigenvalue weighted by atomic mass is 32.2. The van der Waals surface area contributed by atoms with E-state index in [1.165, 1.54) is 12.1 Å². The van der Waals surface area contributed by atoms with Crippen molar-refractivity contribution in [1.29, 1.82) is 0 Å². The second-order valence-corrected chi connectivity index (χ2v) is 4.69. The molecule has 1 atom stereocenters. The fourth-order valence-corrected chi connectivity index (χ4v) is 2.23. The minimum atomic E-state index is -0.356. The van der Waals surface area contributed by atoms with Crippen LogP contribution in [-0.4, -0.2) is 12.0 Å². The summed E-state index contributed by atoms with van der Waals surface area (Å²) in [6, 6.07) is 4.35. The second-order valence-electron chi connectivity index (χ2n) is 3.62. The maximum absolute atomic E-state index is 12.8. The van der Waals surface area contributed by atoms with Gasteiger partial charge in [0.1, 0.15) is 5.82 Å². The molecule has 1 aromatic carbocycles. The first-order chi connectivity index (χ1) is 7.17. The predicted molar refractivity (Wildman–Crippen MR) is 62.0 cm³/mol. The van der Waals surface area contributed by atoms with Gasteiger partial charge in [0.2, 0.25) is 0 Å². The number of thioether (sulfide) groups is 1. The van der Waals surface area contributed by atoms with Crippen molar-refractivity contribution in [2.24, 2.45) is 5.92 Å². The highest BCUT2D eigenvalue weighted by molar-refractivity contribution is 7.99. The van der Waals surface area contributed by atoms with Crippen LogP contribution in [0.4, 0.5) is 4.39 Å². The average molecular weight is 226 g/mol. The van der Waals surface area contributed by atoms with Gasteiger partial charge in [-0.25, -0.2) is 4.39 Å². The van der Waals surface area contributed by atoms with Gasteiger partial charge in [-0.1, -0.05) is 20.3 Å². The van der Waals surface area contributed by atoms with E-state index < -0.39 is 0 Å². The molecular weight excluding hydrogens is 211 g/mol. The molecule has 0 N–H and O–H groups in total. The van der Waals surface area contributed by atoms with E-state index >= 15 is 0 Å². The van der Waals surface area contributed by atoms with E-state index in [0.29, 0.717) is 17.8 Å². The Morgan fingerprint density at radius 3 is 2.87 bits per heavy atom. The van der Waals surface area contributed by atoms with Gasteiger partial charge < -0.3 is 0 Å². The third kappa shape index (κ3) is 3.67. The first-order valence-corrected chi connectivity index (χ1v) is 6.03. The summed E-state index contributed by atoms with van der Waals surface area (Å²) in [4.78, 5) is 11.6. The maximum Gasteiger partial charge on any atom is 0.151 e. The number of hydrogen-bond donors (Lipinski definition) is 0. The van der Waals surface area contributed by atoms with Gasteiger partial charge in [0, 0.05) is 16.2 Å². The van der Waals surface area contributed by atoms with Gasteiger partial charge in [0.25, 0.3) is 0 Å². The van der Waals surface area contributed by atoms with Gasteiger partial charge in [-0.15, -0.1) is 11.8 Å². The van der Waals surface area contributed by atoms with Crippen molar-refractivity contribution >= 4 is 18.0 Å². The Labute approximate surface area is 94.1 Å². The summed E-state index contributed by atoms with van der Waals surface area (Å²) < 4.78 is 12.8. The van der Waals surface area contributed by atoms with Crippen LogP contribution in [0.1, 0.15) is 30.6 Å². The van der Waals surface area contributed by atoms with E-state index in [9.17, 15) is 9.18 Å². The molecule has 1 aromatic rings. The predicted octanol–water partition coefficient (Wildman–Crippen LogP) is 3.78. The van der Waals surface area contributed by atoms with Crippen LogP contribution in [0.3, 0.4) is 0 Å². The number of halogens is 1. The molecule has 0 bridgehead atoms. The topological polar surface area (TPSA) is 17.1 Å². The van der Waals surface area contributed by atoms with Crippen LogP contribution in [-0.2, 0) is 0 Å². The van der Waals surface area contributed by atoms with Gasteiger partial charge in [0.05, 0.1) is 0 Å². The van der Waals surface area contributed by atoms with Crippen LogP contribution in [0.25, 0.3) is 0 Å². The van der Waals surface area contributed by atoms with E-state index in [1.54, 1.807) is 17.8 Å². The van der Waals surface area contributed by atoms with E-state index in [-0.39, 0.29) is 5.82 Å². The summed E-state index contributed by atoms with van der Waals surface area (Å²) in [5.74, 6) is 1.22. The van der Waals surface area contributed by atoms with Crippen molar-refractivity contribution in [3.8, 4) is 0 Å². The van der Waals surface area contributed by atoms with E-state index in [1.807, 2.05) is 0 Å². The molecule has 0 spiro atoms. The summed E-state index contributed by atoms with van der Waals surface area (Å²) in [5.41, 5.74) is 0.448. The van der Waals surface area contributed by atoms with Gasteiger partial charge in [-0.3, -0.25) is 4.79 Å². The van der Waals surface area contributed by atoms with Crippen molar-refractivity contribution < 1.29 is 9.18 Å². The zero-order chi connectivity index (χ0) is 11.3. The number of hydrogen-bond acceptors (Lipinski definition) is 2. The summed E-state index contributed by atoms with van der Waals surface area (Å²) in [7, 11) is 0.